The van der Waals surface area contributed by atoms with E-state index in [2.05, 4.69) is 15.1 Å². The van der Waals surface area contributed by atoms with Crippen LogP contribution in [0.3, 0.4) is 0 Å². The van der Waals surface area contributed by atoms with Crippen LogP contribution < -0.4 is 5.56 Å². The van der Waals surface area contributed by atoms with Gasteiger partial charge in [0.25, 0.3) is 11.3 Å². The second-order valence-electron chi connectivity index (χ2n) is 4.79. The molecule has 6 heteroatoms. The summed E-state index contributed by atoms with van der Waals surface area (Å²) in [6, 6.07) is 11.5. The van der Waals surface area contributed by atoms with Crippen LogP contribution in [0.2, 0.25) is 0 Å². The van der Waals surface area contributed by atoms with Gasteiger partial charge >= 0.3 is 0 Å². The van der Waals surface area contributed by atoms with Gasteiger partial charge in [0.05, 0.1) is 10.9 Å². The van der Waals surface area contributed by atoms with Gasteiger partial charge in [-0.15, -0.1) is 0 Å². The average molecular weight is 277 g/mol. The Hall–Kier alpha value is -3.02. The van der Waals surface area contributed by atoms with Gasteiger partial charge in [-0.2, -0.15) is 14.6 Å². The molecule has 6 nitrogen and oxygen atoms in total. The van der Waals surface area contributed by atoms with Gasteiger partial charge in [0, 0.05) is 17.6 Å². The number of hydrogen-bond donors (Lipinski definition) is 0. The fourth-order valence-corrected chi connectivity index (χ4v) is 2.54. The van der Waals surface area contributed by atoms with Gasteiger partial charge in [0.2, 0.25) is 0 Å². The molecule has 4 rings (SSSR count). The molecule has 0 aliphatic heterocycles. The highest BCUT2D eigenvalue weighted by Crippen LogP contribution is 2.15. The quantitative estimate of drug-likeness (QED) is 0.531. The zero-order chi connectivity index (χ0) is 14.4. The van der Waals surface area contributed by atoms with E-state index < -0.39 is 0 Å². The van der Waals surface area contributed by atoms with Gasteiger partial charge in [-0.05, 0) is 25.1 Å². The van der Waals surface area contributed by atoms with Gasteiger partial charge in [-0.3, -0.25) is 9.36 Å². The molecule has 21 heavy (non-hydrogen) atoms. The summed E-state index contributed by atoms with van der Waals surface area (Å²) in [5.41, 5.74) is 2.27. The van der Waals surface area contributed by atoms with Crippen molar-refractivity contribution in [3.05, 3.63) is 65.0 Å². The summed E-state index contributed by atoms with van der Waals surface area (Å²) < 4.78 is 3.26. The predicted octanol–water partition coefficient (Wildman–Crippen LogP) is 1.74. The third kappa shape index (κ3) is 1.66. The molecule has 1 aromatic carbocycles. The van der Waals surface area contributed by atoms with E-state index >= 15 is 0 Å². The van der Waals surface area contributed by atoms with Crippen LogP contribution in [0.4, 0.5) is 0 Å². The standard InChI is InChI=1S/C15H11N5O/c1-10-7-13-12(8-16-15-17-9-18-20(13)15)14(21)19(10)11-5-3-2-4-6-11/h2-9H,1H3. The van der Waals surface area contributed by atoms with Gasteiger partial charge in [-0.25, -0.2) is 4.98 Å². The predicted molar refractivity (Wildman–Crippen MR) is 78.6 cm³/mol. The fourth-order valence-electron chi connectivity index (χ4n) is 2.54. The Balaban J connectivity index is 2.16. The highest BCUT2D eigenvalue weighted by atomic mass is 16.1. The normalized spacial score (nSPS) is 11.3. The van der Waals surface area contributed by atoms with Crippen molar-refractivity contribution in [1.29, 1.82) is 0 Å². The van der Waals surface area contributed by atoms with Crippen molar-refractivity contribution in [3.8, 4) is 5.69 Å². The zero-order valence-electron chi connectivity index (χ0n) is 11.3. The molecule has 0 unspecified atom stereocenters. The van der Waals surface area contributed by atoms with E-state index in [4.69, 9.17) is 0 Å². The highest BCUT2D eigenvalue weighted by molar-refractivity contribution is 5.79. The maximum atomic E-state index is 12.8. The molecule has 0 aliphatic rings. The van der Waals surface area contributed by atoms with Gasteiger partial charge in [0.15, 0.2) is 0 Å². The Kier molecular flexibility index (Phi) is 2.38. The van der Waals surface area contributed by atoms with E-state index in [1.807, 2.05) is 43.3 Å². The molecule has 0 spiro atoms. The second-order valence-corrected chi connectivity index (χ2v) is 4.79. The van der Waals surface area contributed by atoms with Crippen LogP contribution in [0.15, 0.2) is 53.7 Å². The molecule has 4 aromatic rings. The number of rotatable bonds is 1. The molecule has 3 aromatic heterocycles. The van der Waals surface area contributed by atoms with Crippen molar-refractivity contribution in [2.75, 3.05) is 0 Å². The van der Waals surface area contributed by atoms with Crippen LogP contribution in [0.25, 0.3) is 22.4 Å². The number of nitrogens with zero attached hydrogens (tertiary/aromatic N) is 5. The van der Waals surface area contributed by atoms with Crippen molar-refractivity contribution >= 4 is 16.7 Å². The van der Waals surface area contributed by atoms with E-state index in [1.54, 1.807) is 15.3 Å². The topological polar surface area (TPSA) is 65.1 Å². The van der Waals surface area contributed by atoms with Crippen LogP contribution in [-0.4, -0.2) is 24.1 Å². The molecule has 3 heterocycles. The monoisotopic (exact) mass is 277 g/mol. The number of hydrogen-bond acceptors (Lipinski definition) is 4. The number of benzene rings is 1. The Morgan fingerprint density at radius 3 is 2.71 bits per heavy atom. The minimum atomic E-state index is -0.110. The third-order valence-electron chi connectivity index (χ3n) is 3.49. The first kappa shape index (κ1) is 11.8. The van der Waals surface area contributed by atoms with Crippen molar-refractivity contribution in [2.24, 2.45) is 0 Å². The first-order chi connectivity index (χ1) is 10.3. The summed E-state index contributed by atoms with van der Waals surface area (Å²) in [6.07, 6.45) is 2.99. The number of pyridine rings is 1. The molecule has 0 N–H and O–H groups in total. The molecule has 102 valence electrons. The number of para-hydroxylation sites is 1. The summed E-state index contributed by atoms with van der Waals surface area (Å²) in [5, 5.41) is 4.64. The summed E-state index contributed by atoms with van der Waals surface area (Å²) in [6.45, 7) is 1.90. The third-order valence-corrected chi connectivity index (χ3v) is 3.49. The summed E-state index contributed by atoms with van der Waals surface area (Å²) >= 11 is 0. The second kappa shape index (κ2) is 4.24. The molecule has 0 fully saturated rings. The number of aromatic nitrogens is 5. The van der Waals surface area contributed by atoms with E-state index in [1.165, 1.54) is 6.33 Å². The molecule has 0 radical (unpaired) electrons. The highest BCUT2D eigenvalue weighted by Gasteiger charge is 2.12. The summed E-state index contributed by atoms with van der Waals surface area (Å²) in [4.78, 5) is 21.0. The Morgan fingerprint density at radius 2 is 1.90 bits per heavy atom. The van der Waals surface area contributed by atoms with Crippen molar-refractivity contribution in [3.63, 3.8) is 0 Å². The van der Waals surface area contributed by atoms with Crippen molar-refractivity contribution in [1.82, 2.24) is 24.1 Å². The van der Waals surface area contributed by atoms with E-state index in [-0.39, 0.29) is 5.56 Å². The van der Waals surface area contributed by atoms with E-state index in [0.29, 0.717) is 16.7 Å². The lowest BCUT2D eigenvalue weighted by Crippen LogP contribution is -2.21. The maximum Gasteiger partial charge on any atom is 0.266 e. The van der Waals surface area contributed by atoms with Gasteiger partial charge < -0.3 is 0 Å². The molecule has 0 saturated carbocycles. The van der Waals surface area contributed by atoms with Crippen molar-refractivity contribution in [2.45, 2.75) is 6.92 Å². The van der Waals surface area contributed by atoms with E-state index in [9.17, 15) is 4.79 Å². The van der Waals surface area contributed by atoms with Crippen molar-refractivity contribution < 1.29 is 0 Å². The minimum absolute atomic E-state index is 0.110. The Labute approximate surface area is 119 Å². The fraction of sp³-hybridized carbons (Fsp3) is 0.0667. The minimum Gasteiger partial charge on any atom is -0.281 e. The number of fused-ring (bicyclic) bond motifs is 3. The maximum absolute atomic E-state index is 12.8. The van der Waals surface area contributed by atoms with Crippen LogP contribution in [0.5, 0.6) is 0 Å². The molecule has 0 amide bonds. The summed E-state index contributed by atoms with van der Waals surface area (Å²) in [5.74, 6) is 0.485. The van der Waals surface area contributed by atoms with Crippen LogP contribution in [0, 0.1) is 6.92 Å². The molecule has 0 aliphatic carbocycles. The SMILES string of the molecule is Cc1cc2c(cnc3ncnn32)c(=O)n1-c1ccccc1. The van der Waals surface area contributed by atoms with Crippen LogP contribution in [-0.2, 0) is 0 Å². The lowest BCUT2D eigenvalue weighted by Gasteiger charge is -2.11. The Bertz CT molecular complexity index is 1020. The number of aryl methyl sites for hydroxylation is 1. The zero-order valence-corrected chi connectivity index (χ0v) is 11.3. The molecule has 0 atom stereocenters. The van der Waals surface area contributed by atoms with Gasteiger partial charge in [0.1, 0.15) is 6.33 Å². The van der Waals surface area contributed by atoms with Crippen LogP contribution >= 0.6 is 0 Å². The lowest BCUT2D eigenvalue weighted by atomic mass is 10.2. The molecular weight excluding hydrogens is 266 g/mol. The van der Waals surface area contributed by atoms with Crippen LogP contribution in [0.1, 0.15) is 5.69 Å². The lowest BCUT2D eigenvalue weighted by molar-refractivity contribution is 0.926. The largest absolute Gasteiger partial charge is 0.281 e. The Morgan fingerprint density at radius 1 is 1.10 bits per heavy atom. The summed E-state index contributed by atoms with van der Waals surface area (Å²) in [7, 11) is 0. The van der Waals surface area contributed by atoms with Gasteiger partial charge in [-0.1, -0.05) is 18.2 Å². The molecule has 0 bridgehead atoms. The first-order valence-corrected chi connectivity index (χ1v) is 6.52. The molecule has 0 saturated heterocycles. The van der Waals surface area contributed by atoms with E-state index in [0.717, 1.165) is 11.4 Å². The average Bonchev–Trinajstić information content (AvgIpc) is 2.97. The smallest absolute Gasteiger partial charge is 0.266 e. The first-order valence-electron chi connectivity index (χ1n) is 6.52. The molecular formula is C15H11N5O.